The van der Waals surface area contributed by atoms with E-state index in [2.05, 4.69) is 29.2 Å². The summed E-state index contributed by atoms with van der Waals surface area (Å²) in [6, 6.07) is 19.9. The Kier molecular flexibility index (Phi) is 6.51. The molecule has 0 saturated heterocycles. The van der Waals surface area contributed by atoms with Crippen LogP contribution in [-0.2, 0) is 0 Å². The Hall–Kier alpha value is -2.80. The van der Waals surface area contributed by atoms with Crippen LogP contribution in [0.25, 0.3) is 32.6 Å². The number of nitrogen functional groups attached to an aromatic ring is 2. The third-order valence-electron chi connectivity index (χ3n) is 4.29. The van der Waals surface area contributed by atoms with Gasteiger partial charge in [-0.3, -0.25) is 10.8 Å². The minimum absolute atomic E-state index is 0. The van der Waals surface area contributed by atoms with Crippen molar-refractivity contribution in [3.8, 4) is 21.7 Å². The number of hydrogen-bond acceptors (Lipinski definition) is 3. The second kappa shape index (κ2) is 8.48. The first-order valence-corrected chi connectivity index (χ1v) is 8.85. The quantitative estimate of drug-likeness (QED) is 0.231. The maximum absolute atomic E-state index is 7.54. The van der Waals surface area contributed by atoms with Crippen molar-refractivity contribution in [1.29, 1.82) is 10.8 Å². The van der Waals surface area contributed by atoms with Crippen LogP contribution >= 0.6 is 36.2 Å². The molecule has 4 aromatic rings. The highest BCUT2D eigenvalue weighted by atomic mass is 35.5. The van der Waals surface area contributed by atoms with Gasteiger partial charge in [-0.1, -0.05) is 30.3 Å². The standard InChI is InChI=1S/C20H17N5S.2ClH/c21-19(22)12-3-1-11(2-4-12)13-5-6-15-14(9-13)10-16(25-15)17-7-8-18(26-17)20(23)24;;/h1-10,25H,(H3,21,22)(H3,23,24);2*1H. The van der Waals surface area contributed by atoms with Gasteiger partial charge >= 0.3 is 0 Å². The maximum atomic E-state index is 7.54. The number of aromatic nitrogens is 1. The zero-order valence-corrected chi connectivity index (χ0v) is 17.1. The number of fused-ring (bicyclic) bond motifs is 1. The van der Waals surface area contributed by atoms with Crippen molar-refractivity contribution in [2.45, 2.75) is 0 Å². The van der Waals surface area contributed by atoms with Gasteiger partial charge in [0, 0.05) is 16.5 Å². The number of aromatic amines is 1. The van der Waals surface area contributed by atoms with Crippen LogP contribution in [0.3, 0.4) is 0 Å². The molecule has 0 spiro atoms. The fourth-order valence-corrected chi connectivity index (χ4v) is 3.75. The van der Waals surface area contributed by atoms with Gasteiger partial charge in [0.05, 0.1) is 15.4 Å². The second-order valence-electron chi connectivity index (χ2n) is 6.05. The fraction of sp³-hybridized carbons (Fsp3) is 0. The van der Waals surface area contributed by atoms with E-state index in [1.54, 1.807) is 0 Å². The number of halogens is 2. The summed E-state index contributed by atoms with van der Waals surface area (Å²) in [5.41, 5.74) is 16.0. The van der Waals surface area contributed by atoms with Crippen LogP contribution in [0.15, 0.2) is 60.7 Å². The van der Waals surface area contributed by atoms with E-state index in [0.29, 0.717) is 0 Å². The van der Waals surface area contributed by atoms with Crippen LogP contribution in [0, 0.1) is 10.8 Å². The lowest BCUT2D eigenvalue weighted by Crippen LogP contribution is -2.10. The number of H-pyrrole nitrogens is 1. The number of thiophene rings is 1. The van der Waals surface area contributed by atoms with E-state index in [1.807, 2.05) is 36.4 Å². The molecule has 0 atom stereocenters. The summed E-state index contributed by atoms with van der Waals surface area (Å²) < 4.78 is 0. The fourth-order valence-electron chi connectivity index (χ4n) is 2.91. The molecule has 144 valence electrons. The first-order chi connectivity index (χ1) is 12.5. The highest BCUT2D eigenvalue weighted by molar-refractivity contribution is 7.17. The SMILES string of the molecule is Cl.Cl.N=C(N)c1ccc(-c2ccc3[nH]c(-c4ccc(C(=N)N)s4)cc3c2)cc1. The minimum Gasteiger partial charge on any atom is -0.384 e. The van der Waals surface area contributed by atoms with Gasteiger partial charge in [0.1, 0.15) is 11.7 Å². The van der Waals surface area contributed by atoms with Gasteiger partial charge in [-0.2, -0.15) is 0 Å². The Bertz CT molecular complexity index is 1150. The van der Waals surface area contributed by atoms with E-state index in [0.717, 1.165) is 43.0 Å². The van der Waals surface area contributed by atoms with E-state index in [4.69, 9.17) is 22.3 Å². The molecule has 0 aliphatic carbocycles. The molecule has 0 saturated carbocycles. The molecule has 0 fully saturated rings. The van der Waals surface area contributed by atoms with Crippen molar-refractivity contribution in [1.82, 2.24) is 4.98 Å². The molecule has 0 unspecified atom stereocenters. The van der Waals surface area contributed by atoms with E-state index >= 15 is 0 Å². The number of amidine groups is 2. The van der Waals surface area contributed by atoms with Crippen LogP contribution < -0.4 is 11.5 Å². The summed E-state index contributed by atoms with van der Waals surface area (Å²) in [4.78, 5) is 5.24. The first kappa shape index (κ1) is 21.5. The van der Waals surface area contributed by atoms with Gasteiger partial charge < -0.3 is 16.5 Å². The Labute approximate surface area is 178 Å². The molecule has 2 heterocycles. The number of hydrogen-bond donors (Lipinski definition) is 5. The van der Waals surface area contributed by atoms with Crippen molar-refractivity contribution in [3.05, 3.63) is 71.1 Å². The normalized spacial score (nSPS) is 10.1. The summed E-state index contributed by atoms with van der Waals surface area (Å²) >= 11 is 1.50. The topological polar surface area (TPSA) is 116 Å². The number of rotatable bonds is 4. The summed E-state index contributed by atoms with van der Waals surface area (Å²) in [5, 5.41) is 16.1. The van der Waals surface area contributed by atoms with Crippen LogP contribution in [0.5, 0.6) is 0 Å². The zero-order chi connectivity index (χ0) is 18.3. The lowest BCUT2D eigenvalue weighted by molar-refractivity contribution is 1.42. The molecule has 2 aromatic heterocycles. The van der Waals surface area contributed by atoms with Gasteiger partial charge in [-0.05, 0) is 41.5 Å². The second-order valence-corrected chi connectivity index (χ2v) is 7.14. The van der Waals surface area contributed by atoms with Crippen LogP contribution in [0.4, 0.5) is 0 Å². The maximum Gasteiger partial charge on any atom is 0.133 e. The summed E-state index contributed by atoms with van der Waals surface area (Å²) in [5.74, 6) is 0.164. The Morgan fingerprint density at radius 2 is 1.46 bits per heavy atom. The van der Waals surface area contributed by atoms with Crippen LogP contribution in [0.2, 0.25) is 0 Å². The molecule has 28 heavy (non-hydrogen) atoms. The minimum atomic E-state index is 0. The molecule has 7 N–H and O–H groups in total. The van der Waals surface area contributed by atoms with E-state index < -0.39 is 0 Å². The molecule has 4 rings (SSSR count). The van der Waals surface area contributed by atoms with Crippen molar-refractivity contribution >= 4 is 58.7 Å². The largest absolute Gasteiger partial charge is 0.384 e. The molecule has 0 aliphatic heterocycles. The van der Waals surface area contributed by atoms with Gasteiger partial charge in [0.15, 0.2) is 0 Å². The summed E-state index contributed by atoms with van der Waals surface area (Å²) in [7, 11) is 0. The summed E-state index contributed by atoms with van der Waals surface area (Å²) in [6.45, 7) is 0. The molecule has 0 bridgehead atoms. The van der Waals surface area contributed by atoms with E-state index in [1.165, 1.54) is 11.3 Å². The third kappa shape index (κ3) is 4.04. The molecule has 2 aromatic carbocycles. The van der Waals surface area contributed by atoms with Gasteiger partial charge in [0.25, 0.3) is 0 Å². The van der Waals surface area contributed by atoms with Crippen LogP contribution in [-0.4, -0.2) is 16.7 Å². The smallest absolute Gasteiger partial charge is 0.133 e. The lowest BCUT2D eigenvalue weighted by atomic mass is 10.0. The molecule has 0 aliphatic rings. The van der Waals surface area contributed by atoms with Crippen molar-refractivity contribution in [2.75, 3.05) is 0 Å². The average Bonchev–Trinajstić information content (AvgIpc) is 3.28. The Morgan fingerprint density at radius 3 is 2.07 bits per heavy atom. The highest BCUT2D eigenvalue weighted by Gasteiger charge is 2.09. The third-order valence-corrected chi connectivity index (χ3v) is 5.44. The Balaban J connectivity index is 0.00000140. The molecule has 0 radical (unpaired) electrons. The predicted molar refractivity (Wildman–Crippen MR) is 124 cm³/mol. The van der Waals surface area contributed by atoms with Crippen molar-refractivity contribution < 1.29 is 0 Å². The first-order valence-electron chi connectivity index (χ1n) is 8.03. The zero-order valence-electron chi connectivity index (χ0n) is 14.7. The van der Waals surface area contributed by atoms with E-state index in [9.17, 15) is 0 Å². The highest BCUT2D eigenvalue weighted by Crippen LogP contribution is 2.32. The van der Waals surface area contributed by atoms with Crippen LogP contribution in [0.1, 0.15) is 10.4 Å². The molecule has 8 heteroatoms. The molecular weight excluding hydrogens is 413 g/mol. The molecular formula is C20H19Cl2N5S. The molecule has 5 nitrogen and oxygen atoms in total. The average molecular weight is 432 g/mol. The number of nitrogens with one attached hydrogen (secondary N) is 3. The summed E-state index contributed by atoms with van der Waals surface area (Å²) in [6.07, 6.45) is 0. The van der Waals surface area contributed by atoms with Gasteiger partial charge in [0.2, 0.25) is 0 Å². The predicted octanol–water partition coefficient (Wildman–Crippen LogP) is 4.98. The molecule has 0 amide bonds. The lowest BCUT2D eigenvalue weighted by Gasteiger charge is -2.04. The number of benzene rings is 2. The van der Waals surface area contributed by atoms with Gasteiger partial charge in [-0.15, -0.1) is 36.2 Å². The van der Waals surface area contributed by atoms with Crippen molar-refractivity contribution in [3.63, 3.8) is 0 Å². The monoisotopic (exact) mass is 431 g/mol. The van der Waals surface area contributed by atoms with E-state index in [-0.39, 0.29) is 36.5 Å². The number of nitrogens with two attached hydrogens (primary N) is 2. The van der Waals surface area contributed by atoms with Gasteiger partial charge in [-0.25, -0.2) is 0 Å². The Morgan fingerprint density at radius 1 is 0.786 bits per heavy atom. The van der Waals surface area contributed by atoms with Crippen molar-refractivity contribution in [2.24, 2.45) is 11.5 Å².